The van der Waals surface area contributed by atoms with Gasteiger partial charge in [-0.15, -0.1) is 11.6 Å². The first-order chi connectivity index (χ1) is 9.25. The first-order valence-electron chi connectivity index (χ1n) is 7.07. The minimum absolute atomic E-state index is 0.0500. The van der Waals surface area contributed by atoms with E-state index in [0.29, 0.717) is 0 Å². The Morgan fingerprint density at radius 3 is 2.68 bits per heavy atom. The Hall–Kier alpha value is -1.06. The molecule has 0 amide bonds. The predicted molar refractivity (Wildman–Crippen MR) is 79.7 cm³/mol. The highest BCUT2D eigenvalue weighted by atomic mass is 35.5. The van der Waals surface area contributed by atoms with Gasteiger partial charge in [-0.3, -0.25) is 0 Å². The molecule has 1 aromatic carbocycles. The van der Waals surface area contributed by atoms with Crippen LogP contribution in [0, 0.1) is 0 Å². The van der Waals surface area contributed by atoms with Crippen LogP contribution >= 0.6 is 11.6 Å². The maximum Gasteiger partial charge on any atom is 0.127 e. The Bertz CT molecular complexity index is 556. The van der Waals surface area contributed by atoms with Crippen LogP contribution in [0.4, 0.5) is 0 Å². The van der Waals surface area contributed by atoms with Crippen molar-refractivity contribution in [2.24, 2.45) is 0 Å². The molecule has 0 radical (unpaired) electrons. The van der Waals surface area contributed by atoms with E-state index in [1.165, 1.54) is 31.4 Å². The quantitative estimate of drug-likeness (QED) is 0.799. The molecular weight excluding hydrogens is 258 g/mol. The number of fused-ring (bicyclic) bond motifs is 1. The summed E-state index contributed by atoms with van der Waals surface area (Å²) in [6.45, 7) is 6.54. The summed E-state index contributed by atoms with van der Waals surface area (Å²) in [7, 11) is 0. The van der Waals surface area contributed by atoms with Crippen LogP contribution in [0.1, 0.15) is 31.0 Å². The third-order valence-electron chi connectivity index (χ3n) is 3.88. The van der Waals surface area contributed by atoms with Gasteiger partial charge in [-0.25, -0.2) is 4.98 Å². The SMILES string of the molecule is CC(Cl)c1nc2ccccc2n1CCN1CCCC1. The average molecular weight is 278 g/mol. The number of hydrogen-bond donors (Lipinski definition) is 0. The molecule has 1 aromatic heterocycles. The molecule has 1 atom stereocenters. The number of hydrogen-bond acceptors (Lipinski definition) is 2. The van der Waals surface area contributed by atoms with Gasteiger partial charge in [-0.05, 0) is 45.0 Å². The minimum Gasteiger partial charge on any atom is -0.325 e. The summed E-state index contributed by atoms with van der Waals surface area (Å²) in [4.78, 5) is 7.20. The van der Waals surface area contributed by atoms with Crippen molar-refractivity contribution >= 4 is 22.6 Å². The van der Waals surface area contributed by atoms with Gasteiger partial charge in [-0.2, -0.15) is 0 Å². The molecule has 1 saturated heterocycles. The molecule has 0 saturated carbocycles. The lowest BCUT2D eigenvalue weighted by atomic mass is 10.3. The molecule has 0 N–H and O–H groups in total. The molecule has 1 aliphatic rings. The van der Waals surface area contributed by atoms with Crippen LogP contribution in [0.15, 0.2) is 24.3 Å². The second-order valence-electron chi connectivity index (χ2n) is 5.28. The molecule has 0 bridgehead atoms. The van der Waals surface area contributed by atoms with E-state index >= 15 is 0 Å². The normalized spacial score (nSPS) is 18.2. The van der Waals surface area contributed by atoms with E-state index in [9.17, 15) is 0 Å². The number of halogens is 1. The van der Waals surface area contributed by atoms with Gasteiger partial charge in [0, 0.05) is 13.1 Å². The lowest BCUT2D eigenvalue weighted by Crippen LogP contribution is -2.24. The highest BCUT2D eigenvalue weighted by Crippen LogP contribution is 2.24. The number of para-hydroxylation sites is 2. The minimum atomic E-state index is -0.0500. The second-order valence-corrected chi connectivity index (χ2v) is 5.93. The number of rotatable bonds is 4. The summed E-state index contributed by atoms with van der Waals surface area (Å²) in [5.41, 5.74) is 2.25. The fourth-order valence-corrected chi connectivity index (χ4v) is 3.05. The van der Waals surface area contributed by atoms with Gasteiger partial charge < -0.3 is 9.47 Å². The van der Waals surface area contributed by atoms with Crippen molar-refractivity contribution in [3.8, 4) is 0 Å². The Morgan fingerprint density at radius 2 is 1.95 bits per heavy atom. The molecule has 0 aliphatic carbocycles. The van der Waals surface area contributed by atoms with Crippen LogP contribution in [-0.2, 0) is 6.54 Å². The number of benzene rings is 1. The van der Waals surface area contributed by atoms with E-state index in [1.54, 1.807) is 0 Å². The molecule has 102 valence electrons. The van der Waals surface area contributed by atoms with Gasteiger partial charge in [0.15, 0.2) is 0 Å². The Kier molecular flexibility index (Phi) is 3.76. The second kappa shape index (κ2) is 5.51. The zero-order valence-corrected chi connectivity index (χ0v) is 12.1. The fraction of sp³-hybridized carbons (Fsp3) is 0.533. The monoisotopic (exact) mass is 277 g/mol. The van der Waals surface area contributed by atoms with Crippen molar-refractivity contribution < 1.29 is 0 Å². The summed E-state index contributed by atoms with van der Waals surface area (Å²) in [6.07, 6.45) is 2.67. The molecule has 3 nitrogen and oxygen atoms in total. The zero-order chi connectivity index (χ0) is 13.2. The van der Waals surface area contributed by atoms with E-state index in [4.69, 9.17) is 11.6 Å². The zero-order valence-electron chi connectivity index (χ0n) is 11.3. The van der Waals surface area contributed by atoms with E-state index in [2.05, 4.69) is 32.7 Å². The van der Waals surface area contributed by atoms with Gasteiger partial charge in [-0.1, -0.05) is 12.1 Å². The molecular formula is C15H20ClN3. The smallest absolute Gasteiger partial charge is 0.127 e. The Labute approximate surface area is 119 Å². The highest BCUT2D eigenvalue weighted by molar-refractivity contribution is 6.20. The predicted octanol–water partition coefficient (Wildman–Crippen LogP) is 3.43. The lowest BCUT2D eigenvalue weighted by Gasteiger charge is -2.17. The summed E-state index contributed by atoms with van der Waals surface area (Å²) < 4.78 is 2.28. The van der Waals surface area contributed by atoms with Crippen molar-refractivity contribution in [1.29, 1.82) is 0 Å². The maximum atomic E-state index is 6.28. The lowest BCUT2D eigenvalue weighted by molar-refractivity contribution is 0.322. The van der Waals surface area contributed by atoms with Gasteiger partial charge in [0.1, 0.15) is 5.82 Å². The third-order valence-corrected chi connectivity index (χ3v) is 4.07. The van der Waals surface area contributed by atoms with Crippen molar-refractivity contribution in [1.82, 2.24) is 14.5 Å². The summed E-state index contributed by atoms with van der Waals surface area (Å²) in [5, 5.41) is -0.0500. The maximum absolute atomic E-state index is 6.28. The molecule has 19 heavy (non-hydrogen) atoms. The van der Waals surface area contributed by atoms with E-state index in [1.807, 2.05) is 13.0 Å². The highest BCUT2D eigenvalue weighted by Gasteiger charge is 2.16. The number of imidazole rings is 1. The molecule has 1 unspecified atom stereocenters. The molecule has 0 spiro atoms. The molecule has 4 heteroatoms. The standard InChI is InChI=1S/C15H20ClN3/c1-12(16)15-17-13-6-2-3-7-14(13)19(15)11-10-18-8-4-5-9-18/h2-3,6-7,12H,4-5,8-11H2,1H3. The van der Waals surface area contributed by atoms with Gasteiger partial charge in [0.05, 0.1) is 16.4 Å². The summed E-state index contributed by atoms with van der Waals surface area (Å²) in [6, 6.07) is 8.29. The summed E-state index contributed by atoms with van der Waals surface area (Å²) in [5.74, 6) is 0.988. The van der Waals surface area contributed by atoms with Crippen molar-refractivity contribution in [2.45, 2.75) is 31.7 Å². The van der Waals surface area contributed by atoms with Crippen LogP contribution in [0.5, 0.6) is 0 Å². The number of aromatic nitrogens is 2. The van der Waals surface area contributed by atoms with Crippen LogP contribution in [-0.4, -0.2) is 34.1 Å². The first kappa shape index (κ1) is 12.9. The van der Waals surface area contributed by atoms with Crippen molar-refractivity contribution in [3.63, 3.8) is 0 Å². The van der Waals surface area contributed by atoms with Crippen molar-refractivity contribution in [3.05, 3.63) is 30.1 Å². The summed E-state index contributed by atoms with van der Waals surface area (Å²) >= 11 is 6.28. The first-order valence-corrected chi connectivity index (χ1v) is 7.51. The van der Waals surface area contributed by atoms with E-state index < -0.39 is 0 Å². The van der Waals surface area contributed by atoms with Crippen LogP contribution in [0.2, 0.25) is 0 Å². The topological polar surface area (TPSA) is 21.1 Å². The van der Waals surface area contributed by atoms with Gasteiger partial charge in [0.25, 0.3) is 0 Å². The third kappa shape index (κ3) is 2.63. The van der Waals surface area contributed by atoms with Gasteiger partial charge >= 0.3 is 0 Å². The number of alkyl halides is 1. The number of likely N-dealkylation sites (tertiary alicyclic amines) is 1. The molecule has 1 aliphatic heterocycles. The van der Waals surface area contributed by atoms with Crippen LogP contribution < -0.4 is 0 Å². The van der Waals surface area contributed by atoms with Crippen LogP contribution in [0.3, 0.4) is 0 Å². The molecule has 3 rings (SSSR count). The molecule has 2 aromatic rings. The van der Waals surface area contributed by atoms with Crippen molar-refractivity contribution in [2.75, 3.05) is 19.6 Å². The Balaban J connectivity index is 1.88. The largest absolute Gasteiger partial charge is 0.325 e. The Morgan fingerprint density at radius 1 is 1.21 bits per heavy atom. The van der Waals surface area contributed by atoms with E-state index in [-0.39, 0.29) is 5.38 Å². The average Bonchev–Trinajstić information content (AvgIpc) is 3.03. The molecule has 2 heterocycles. The van der Waals surface area contributed by atoms with Gasteiger partial charge in [0.2, 0.25) is 0 Å². The fourth-order valence-electron chi connectivity index (χ4n) is 2.88. The number of nitrogens with zero attached hydrogens (tertiary/aromatic N) is 3. The molecule has 1 fully saturated rings. The van der Waals surface area contributed by atoms with Crippen LogP contribution in [0.25, 0.3) is 11.0 Å². The van der Waals surface area contributed by atoms with E-state index in [0.717, 1.165) is 24.4 Å².